The molecule has 3 rings (SSSR count). The van der Waals surface area contributed by atoms with Gasteiger partial charge in [-0.05, 0) is 18.2 Å². The standard InChI is InChI=1S/C14H11F3N4O5/c1-25-21-8-4-7(2-3-9(8)26-6-12(21)23)19-11(22)5-10(14(15,16)17)20(18)13(19)24/h2-5H,6,18H2,1H3. The van der Waals surface area contributed by atoms with E-state index in [-0.39, 0.29) is 34.5 Å². The van der Waals surface area contributed by atoms with Crippen LogP contribution in [-0.2, 0) is 15.8 Å². The molecule has 26 heavy (non-hydrogen) atoms. The minimum Gasteiger partial charge on any atom is -0.481 e. The summed E-state index contributed by atoms with van der Waals surface area (Å²) in [6.07, 6.45) is -4.98. The molecule has 1 amide bonds. The number of anilines is 1. The molecule has 2 N–H and O–H groups in total. The van der Waals surface area contributed by atoms with Crippen molar-refractivity contribution in [2.75, 3.05) is 24.6 Å². The molecule has 1 aromatic heterocycles. The Kier molecular flexibility index (Phi) is 3.99. The highest BCUT2D eigenvalue weighted by Gasteiger charge is 2.36. The summed E-state index contributed by atoms with van der Waals surface area (Å²) in [6, 6.07) is 3.99. The maximum atomic E-state index is 12.8. The fourth-order valence-electron chi connectivity index (χ4n) is 2.47. The monoisotopic (exact) mass is 372 g/mol. The zero-order valence-electron chi connectivity index (χ0n) is 13.1. The smallest absolute Gasteiger partial charge is 0.433 e. The van der Waals surface area contributed by atoms with Gasteiger partial charge >= 0.3 is 11.9 Å². The second kappa shape index (κ2) is 5.91. The van der Waals surface area contributed by atoms with E-state index in [9.17, 15) is 27.6 Å². The first-order chi connectivity index (χ1) is 12.1. The molecule has 2 heterocycles. The molecule has 0 spiro atoms. The average Bonchev–Trinajstić information content (AvgIpc) is 2.57. The number of nitrogen functional groups attached to an aromatic ring is 1. The van der Waals surface area contributed by atoms with E-state index in [0.29, 0.717) is 4.57 Å². The number of amides is 1. The Hall–Kier alpha value is -3.28. The SMILES string of the molecule is CON1C(=O)COc2ccc(-n3c(=O)cc(C(F)(F)F)n(N)c3=O)cc21. The number of carbonyl (C=O) groups is 1. The second-order valence-corrected chi connectivity index (χ2v) is 5.16. The summed E-state index contributed by atoms with van der Waals surface area (Å²) < 4.78 is 44.0. The minimum atomic E-state index is -4.98. The minimum absolute atomic E-state index is 0.0796. The van der Waals surface area contributed by atoms with E-state index in [2.05, 4.69) is 0 Å². The molecule has 1 aliphatic rings. The Morgan fingerprint density at radius 1 is 1.19 bits per heavy atom. The van der Waals surface area contributed by atoms with E-state index in [1.807, 2.05) is 0 Å². The van der Waals surface area contributed by atoms with Crippen LogP contribution in [0.1, 0.15) is 5.69 Å². The van der Waals surface area contributed by atoms with E-state index in [4.69, 9.17) is 15.4 Å². The Morgan fingerprint density at radius 3 is 2.50 bits per heavy atom. The molecule has 0 aliphatic carbocycles. The first-order valence-electron chi connectivity index (χ1n) is 7.01. The Morgan fingerprint density at radius 2 is 1.88 bits per heavy atom. The highest BCUT2D eigenvalue weighted by atomic mass is 19.4. The molecular weight excluding hydrogens is 361 g/mol. The molecule has 2 aromatic rings. The van der Waals surface area contributed by atoms with Crippen molar-refractivity contribution in [1.29, 1.82) is 0 Å². The second-order valence-electron chi connectivity index (χ2n) is 5.16. The normalized spacial score (nSPS) is 14.2. The van der Waals surface area contributed by atoms with Crippen molar-refractivity contribution < 1.29 is 27.5 Å². The van der Waals surface area contributed by atoms with Crippen molar-refractivity contribution >= 4 is 11.6 Å². The third-order valence-corrected chi connectivity index (χ3v) is 3.61. The maximum absolute atomic E-state index is 12.8. The van der Waals surface area contributed by atoms with E-state index in [1.54, 1.807) is 0 Å². The number of nitrogens with two attached hydrogens (primary N) is 1. The van der Waals surface area contributed by atoms with Crippen LogP contribution in [0.4, 0.5) is 18.9 Å². The van der Waals surface area contributed by atoms with Crippen LogP contribution in [0.15, 0.2) is 33.9 Å². The van der Waals surface area contributed by atoms with Crippen molar-refractivity contribution in [3.05, 3.63) is 50.8 Å². The van der Waals surface area contributed by atoms with Crippen LogP contribution in [0.2, 0.25) is 0 Å². The molecule has 9 nitrogen and oxygen atoms in total. The largest absolute Gasteiger partial charge is 0.481 e. The summed E-state index contributed by atoms with van der Waals surface area (Å²) in [5.74, 6) is 4.88. The highest BCUT2D eigenvalue weighted by molar-refractivity contribution is 5.96. The Bertz CT molecular complexity index is 1010. The highest BCUT2D eigenvalue weighted by Crippen LogP contribution is 2.33. The molecule has 138 valence electrons. The summed E-state index contributed by atoms with van der Waals surface area (Å²) in [4.78, 5) is 41.0. The number of hydrogen-bond donors (Lipinski definition) is 1. The first kappa shape index (κ1) is 17.5. The van der Waals surface area contributed by atoms with Gasteiger partial charge in [0.1, 0.15) is 11.4 Å². The summed E-state index contributed by atoms with van der Waals surface area (Å²) in [6.45, 7) is -0.282. The molecule has 0 fully saturated rings. The molecule has 0 saturated carbocycles. The Balaban J connectivity index is 2.22. The summed E-state index contributed by atoms with van der Waals surface area (Å²) in [5.41, 5.74) is -4.27. The van der Waals surface area contributed by atoms with Crippen molar-refractivity contribution in [2.24, 2.45) is 0 Å². The van der Waals surface area contributed by atoms with Gasteiger partial charge in [-0.3, -0.25) is 14.4 Å². The lowest BCUT2D eigenvalue weighted by Gasteiger charge is -2.27. The van der Waals surface area contributed by atoms with E-state index >= 15 is 0 Å². The molecule has 12 heteroatoms. The van der Waals surface area contributed by atoms with Crippen LogP contribution in [0.25, 0.3) is 5.69 Å². The van der Waals surface area contributed by atoms with Gasteiger partial charge in [0.25, 0.3) is 11.5 Å². The van der Waals surface area contributed by atoms with Crippen molar-refractivity contribution in [2.45, 2.75) is 6.18 Å². The van der Waals surface area contributed by atoms with E-state index in [0.717, 1.165) is 5.06 Å². The van der Waals surface area contributed by atoms with Crippen LogP contribution >= 0.6 is 0 Å². The number of hydroxylamine groups is 1. The number of alkyl halides is 3. The summed E-state index contributed by atoms with van der Waals surface area (Å²) >= 11 is 0. The number of nitrogens with zero attached hydrogens (tertiary/aromatic N) is 3. The van der Waals surface area contributed by atoms with Crippen molar-refractivity contribution in [3.8, 4) is 11.4 Å². The van der Waals surface area contributed by atoms with Gasteiger partial charge < -0.3 is 10.6 Å². The van der Waals surface area contributed by atoms with Crippen LogP contribution in [0, 0.1) is 0 Å². The van der Waals surface area contributed by atoms with Crippen molar-refractivity contribution in [3.63, 3.8) is 0 Å². The number of benzene rings is 1. The topological polar surface area (TPSA) is 109 Å². The zero-order chi connectivity index (χ0) is 19.2. The summed E-state index contributed by atoms with van der Waals surface area (Å²) in [5, 5.41) is 0.873. The third kappa shape index (κ3) is 2.69. The lowest BCUT2D eigenvalue weighted by atomic mass is 10.2. The van der Waals surface area contributed by atoms with Crippen molar-refractivity contribution in [1.82, 2.24) is 9.24 Å². The van der Waals surface area contributed by atoms with Crippen LogP contribution in [0.3, 0.4) is 0 Å². The molecule has 0 radical (unpaired) electrons. The predicted octanol–water partition coefficient (Wildman–Crippen LogP) is 0.0186. The maximum Gasteiger partial charge on any atom is 0.433 e. The van der Waals surface area contributed by atoms with Gasteiger partial charge in [0.05, 0.1) is 12.8 Å². The zero-order valence-corrected chi connectivity index (χ0v) is 13.1. The number of fused-ring (bicyclic) bond motifs is 1. The number of ether oxygens (including phenoxy) is 1. The quantitative estimate of drug-likeness (QED) is 0.745. The lowest BCUT2D eigenvalue weighted by molar-refractivity contribution is -0.143. The molecular formula is C14H11F3N4O5. The third-order valence-electron chi connectivity index (χ3n) is 3.61. The number of aromatic nitrogens is 2. The number of rotatable bonds is 2. The van der Waals surface area contributed by atoms with Gasteiger partial charge in [0.2, 0.25) is 0 Å². The van der Waals surface area contributed by atoms with Gasteiger partial charge in [-0.2, -0.15) is 18.2 Å². The fourth-order valence-corrected chi connectivity index (χ4v) is 2.47. The summed E-state index contributed by atoms with van der Waals surface area (Å²) in [7, 11) is 1.22. The molecule has 0 saturated heterocycles. The average molecular weight is 372 g/mol. The fraction of sp³-hybridized carbons (Fsp3) is 0.214. The van der Waals surface area contributed by atoms with Crippen LogP contribution in [0.5, 0.6) is 5.75 Å². The number of halogens is 3. The molecule has 1 aliphatic heterocycles. The number of hydrogen-bond acceptors (Lipinski definition) is 6. The van der Waals surface area contributed by atoms with Crippen LogP contribution in [-0.4, -0.2) is 28.9 Å². The first-order valence-corrected chi connectivity index (χ1v) is 7.01. The number of carbonyl (C=O) groups excluding carboxylic acids is 1. The van der Waals surface area contributed by atoms with E-state index in [1.165, 1.54) is 25.3 Å². The Labute approximate surface area is 142 Å². The molecule has 0 bridgehead atoms. The molecule has 0 atom stereocenters. The van der Waals surface area contributed by atoms with E-state index < -0.39 is 29.0 Å². The van der Waals surface area contributed by atoms with Gasteiger partial charge in [-0.15, -0.1) is 0 Å². The van der Waals surface area contributed by atoms with Gasteiger partial charge in [-0.1, -0.05) is 0 Å². The van der Waals surface area contributed by atoms with Crippen LogP contribution < -0.4 is 26.9 Å². The van der Waals surface area contributed by atoms with Gasteiger partial charge in [0.15, 0.2) is 12.3 Å². The predicted molar refractivity (Wildman–Crippen MR) is 81.4 cm³/mol. The molecule has 0 unspecified atom stereocenters. The van der Waals surface area contributed by atoms with Gasteiger partial charge in [-0.25, -0.2) is 14.0 Å². The molecule has 1 aromatic carbocycles. The lowest BCUT2D eigenvalue weighted by Crippen LogP contribution is -2.45. The van der Waals surface area contributed by atoms with Gasteiger partial charge in [0, 0.05) is 6.07 Å².